The molecule has 3 nitrogen and oxygen atoms in total. The smallest absolute Gasteiger partial charge is 0.417 e. The Morgan fingerprint density at radius 1 is 1.37 bits per heavy atom. The Balaban J connectivity index is 2.19. The monoisotopic (exact) mass is 273 g/mol. The first-order chi connectivity index (χ1) is 8.88. The summed E-state index contributed by atoms with van der Waals surface area (Å²) < 4.78 is 38.3. The Bertz CT molecular complexity index is 481. The summed E-state index contributed by atoms with van der Waals surface area (Å²) in [5.41, 5.74) is -1.35. The third-order valence-corrected chi connectivity index (χ3v) is 3.32. The van der Waals surface area contributed by atoms with Crippen LogP contribution in [0.15, 0.2) is 18.2 Å². The molecule has 104 valence electrons. The average molecular weight is 273 g/mol. The summed E-state index contributed by atoms with van der Waals surface area (Å²) >= 11 is 0. The third kappa shape index (κ3) is 3.26. The van der Waals surface area contributed by atoms with Crippen molar-refractivity contribution in [2.75, 3.05) is 0 Å². The van der Waals surface area contributed by atoms with E-state index in [-0.39, 0.29) is 0 Å². The molecule has 1 fully saturated rings. The maximum Gasteiger partial charge on any atom is 0.417 e. The van der Waals surface area contributed by atoms with Crippen LogP contribution in [-0.4, -0.2) is 17.1 Å². The molecule has 0 atom stereocenters. The van der Waals surface area contributed by atoms with Crippen molar-refractivity contribution in [3.63, 3.8) is 0 Å². The summed E-state index contributed by atoms with van der Waals surface area (Å²) in [5.74, 6) is -1.56. The average Bonchev–Trinajstić information content (AvgIpc) is 2.25. The fourth-order valence-electron chi connectivity index (χ4n) is 2.00. The van der Waals surface area contributed by atoms with Crippen molar-refractivity contribution in [3.8, 4) is 0 Å². The number of nitrogens with one attached hydrogen (secondary N) is 1. The van der Waals surface area contributed by atoms with Gasteiger partial charge in [-0.05, 0) is 30.5 Å². The van der Waals surface area contributed by atoms with Gasteiger partial charge in [0.25, 0.3) is 0 Å². The van der Waals surface area contributed by atoms with Crippen molar-refractivity contribution in [1.82, 2.24) is 5.32 Å². The topological polar surface area (TPSA) is 49.3 Å². The predicted molar refractivity (Wildman–Crippen MR) is 62.9 cm³/mol. The van der Waals surface area contributed by atoms with Gasteiger partial charge in [0.1, 0.15) is 0 Å². The van der Waals surface area contributed by atoms with Gasteiger partial charge in [0, 0.05) is 12.6 Å². The molecule has 0 heterocycles. The molecule has 1 aromatic rings. The Hall–Kier alpha value is -1.56. The summed E-state index contributed by atoms with van der Waals surface area (Å²) in [6.45, 7) is 0.327. The highest BCUT2D eigenvalue weighted by Gasteiger charge is 2.35. The van der Waals surface area contributed by atoms with E-state index < -0.39 is 23.3 Å². The summed E-state index contributed by atoms with van der Waals surface area (Å²) in [5, 5.41) is 11.9. The van der Waals surface area contributed by atoms with Gasteiger partial charge >= 0.3 is 12.1 Å². The molecule has 2 rings (SSSR count). The van der Waals surface area contributed by atoms with Crippen LogP contribution in [0.4, 0.5) is 13.2 Å². The van der Waals surface area contributed by atoms with Crippen LogP contribution >= 0.6 is 0 Å². The maximum atomic E-state index is 12.8. The molecule has 0 unspecified atom stereocenters. The molecule has 6 heteroatoms. The largest absolute Gasteiger partial charge is 0.478 e. The van der Waals surface area contributed by atoms with Crippen LogP contribution in [0.25, 0.3) is 0 Å². The molecule has 0 aliphatic heterocycles. The lowest BCUT2D eigenvalue weighted by atomic mass is 9.93. The second-order valence-corrected chi connectivity index (χ2v) is 4.69. The predicted octanol–water partition coefficient (Wildman–Crippen LogP) is 3.05. The lowest BCUT2D eigenvalue weighted by Crippen LogP contribution is -2.34. The Morgan fingerprint density at radius 2 is 2.05 bits per heavy atom. The minimum Gasteiger partial charge on any atom is -0.478 e. The fourth-order valence-corrected chi connectivity index (χ4v) is 2.00. The van der Waals surface area contributed by atoms with Gasteiger partial charge in [0.05, 0.1) is 11.1 Å². The van der Waals surface area contributed by atoms with Crippen LogP contribution in [-0.2, 0) is 12.7 Å². The van der Waals surface area contributed by atoms with Gasteiger partial charge in [-0.25, -0.2) is 4.79 Å². The standard InChI is InChI=1S/C13H14F3NO2/c14-13(15,16)11-6-8(4-5-10(11)12(18)19)7-17-9-2-1-3-9/h4-6,9,17H,1-3,7H2,(H,18,19). The summed E-state index contributed by atoms with van der Waals surface area (Å²) in [4.78, 5) is 10.8. The van der Waals surface area contributed by atoms with Gasteiger partial charge in [-0.2, -0.15) is 13.2 Å². The minimum atomic E-state index is -4.65. The SMILES string of the molecule is O=C(O)c1ccc(CNC2CCC2)cc1C(F)(F)F. The van der Waals surface area contributed by atoms with Gasteiger partial charge in [-0.1, -0.05) is 12.5 Å². The van der Waals surface area contributed by atoms with Crippen LogP contribution in [0.5, 0.6) is 0 Å². The summed E-state index contributed by atoms with van der Waals surface area (Å²) in [6, 6.07) is 3.72. The van der Waals surface area contributed by atoms with Crippen LogP contribution in [0.1, 0.15) is 40.7 Å². The van der Waals surface area contributed by atoms with Crippen molar-refractivity contribution in [3.05, 3.63) is 34.9 Å². The van der Waals surface area contributed by atoms with E-state index in [9.17, 15) is 18.0 Å². The van der Waals surface area contributed by atoms with Crippen molar-refractivity contribution in [2.45, 2.75) is 38.0 Å². The molecule has 19 heavy (non-hydrogen) atoms. The number of hydrogen-bond donors (Lipinski definition) is 2. The number of aromatic carboxylic acids is 1. The van der Waals surface area contributed by atoms with Crippen LogP contribution in [0.2, 0.25) is 0 Å². The first kappa shape index (κ1) is 13.9. The number of halogens is 3. The maximum absolute atomic E-state index is 12.8. The molecule has 1 saturated carbocycles. The molecule has 0 saturated heterocycles. The lowest BCUT2D eigenvalue weighted by molar-refractivity contribution is -0.138. The fraction of sp³-hybridized carbons (Fsp3) is 0.462. The Labute approximate surface area is 108 Å². The highest BCUT2D eigenvalue weighted by molar-refractivity contribution is 5.89. The molecule has 1 aliphatic rings. The van der Waals surface area contributed by atoms with Gasteiger partial charge in [0.2, 0.25) is 0 Å². The molecule has 0 bridgehead atoms. The lowest BCUT2D eigenvalue weighted by Gasteiger charge is -2.26. The van der Waals surface area contributed by atoms with Gasteiger partial charge in [-0.15, -0.1) is 0 Å². The number of alkyl halides is 3. The van der Waals surface area contributed by atoms with E-state index in [4.69, 9.17) is 5.11 Å². The van der Waals surface area contributed by atoms with Crippen LogP contribution in [0, 0.1) is 0 Å². The zero-order chi connectivity index (χ0) is 14.0. The first-order valence-electron chi connectivity index (χ1n) is 6.04. The highest BCUT2D eigenvalue weighted by atomic mass is 19.4. The quantitative estimate of drug-likeness (QED) is 0.886. The third-order valence-electron chi connectivity index (χ3n) is 3.32. The van der Waals surface area contributed by atoms with E-state index in [1.807, 2.05) is 0 Å². The van der Waals surface area contributed by atoms with E-state index in [1.165, 1.54) is 6.07 Å². The second kappa shape index (κ2) is 5.21. The zero-order valence-corrected chi connectivity index (χ0v) is 10.1. The van der Waals surface area contributed by atoms with Crippen LogP contribution in [0.3, 0.4) is 0 Å². The number of benzene rings is 1. The van der Waals surface area contributed by atoms with Gasteiger partial charge in [0.15, 0.2) is 0 Å². The van der Waals surface area contributed by atoms with E-state index >= 15 is 0 Å². The molecule has 1 aliphatic carbocycles. The van der Waals surface area contributed by atoms with E-state index in [0.717, 1.165) is 31.4 Å². The minimum absolute atomic E-state index is 0.327. The zero-order valence-electron chi connectivity index (χ0n) is 10.1. The second-order valence-electron chi connectivity index (χ2n) is 4.69. The first-order valence-corrected chi connectivity index (χ1v) is 6.04. The number of carboxylic acid groups (broad SMARTS) is 1. The molecular weight excluding hydrogens is 259 g/mol. The van der Waals surface area contributed by atoms with E-state index in [0.29, 0.717) is 18.2 Å². The normalized spacial score (nSPS) is 16.2. The van der Waals surface area contributed by atoms with Gasteiger partial charge < -0.3 is 10.4 Å². The van der Waals surface area contributed by atoms with Crippen molar-refractivity contribution >= 4 is 5.97 Å². The molecule has 0 amide bonds. The number of hydrogen-bond acceptors (Lipinski definition) is 2. The molecule has 2 N–H and O–H groups in total. The molecule has 1 aromatic carbocycles. The number of rotatable bonds is 4. The van der Waals surface area contributed by atoms with Crippen molar-refractivity contribution in [2.24, 2.45) is 0 Å². The van der Waals surface area contributed by atoms with E-state index in [1.54, 1.807) is 0 Å². The van der Waals surface area contributed by atoms with Crippen molar-refractivity contribution in [1.29, 1.82) is 0 Å². The molecule has 0 spiro atoms. The molecule has 0 aromatic heterocycles. The summed E-state index contributed by atoms with van der Waals surface area (Å²) in [7, 11) is 0. The summed E-state index contributed by atoms with van der Waals surface area (Å²) in [6.07, 6.45) is -1.43. The highest BCUT2D eigenvalue weighted by Crippen LogP contribution is 2.33. The molecular formula is C13H14F3NO2. The van der Waals surface area contributed by atoms with Gasteiger partial charge in [-0.3, -0.25) is 0 Å². The Morgan fingerprint density at radius 3 is 2.53 bits per heavy atom. The Kier molecular flexibility index (Phi) is 3.80. The number of carbonyl (C=O) groups is 1. The molecule has 0 radical (unpaired) electrons. The van der Waals surface area contributed by atoms with Crippen LogP contribution < -0.4 is 5.32 Å². The van der Waals surface area contributed by atoms with E-state index in [2.05, 4.69) is 5.32 Å². The number of carboxylic acids is 1. The van der Waals surface area contributed by atoms with Crippen molar-refractivity contribution < 1.29 is 23.1 Å².